The molecular formula is C11H17NO2S. The van der Waals surface area contributed by atoms with Crippen LogP contribution in [0.1, 0.15) is 26.3 Å². The quantitative estimate of drug-likeness (QED) is 0.803. The molecule has 0 unspecified atom stereocenters. The highest BCUT2D eigenvalue weighted by Crippen LogP contribution is 2.30. The molecule has 0 heterocycles. The van der Waals surface area contributed by atoms with Crippen LogP contribution in [0.3, 0.4) is 0 Å². The predicted octanol–water partition coefficient (Wildman–Crippen LogP) is 1.94. The number of rotatable bonds is 3. The van der Waals surface area contributed by atoms with Gasteiger partial charge in [0.2, 0.25) is 0 Å². The highest BCUT2D eigenvalue weighted by atomic mass is 32.2. The summed E-state index contributed by atoms with van der Waals surface area (Å²) in [6.45, 7) is 5.07. The highest BCUT2D eigenvalue weighted by Gasteiger charge is 2.34. The molecule has 84 valence electrons. The van der Waals surface area contributed by atoms with E-state index in [1.807, 2.05) is 0 Å². The van der Waals surface area contributed by atoms with Gasteiger partial charge in [0, 0.05) is 11.4 Å². The summed E-state index contributed by atoms with van der Waals surface area (Å²) in [6.07, 6.45) is 0. The van der Waals surface area contributed by atoms with Crippen LogP contribution in [0, 0.1) is 0 Å². The topological polar surface area (TPSA) is 60.2 Å². The first-order valence-corrected chi connectivity index (χ1v) is 6.55. The summed E-state index contributed by atoms with van der Waals surface area (Å²) >= 11 is 0. The Labute approximate surface area is 91.2 Å². The SMILES string of the molecule is CCS(=O)(=O)C(C)(C)c1cccc(N)c1. The van der Waals surface area contributed by atoms with Crippen LogP contribution in [0.5, 0.6) is 0 Å². The predicted molar refractivity (Wildman–Crippen MR) is 63.3 cm³/mol. The zero-order chi connectivity index (χ0) is 11.7. The molecule has 0 aliphatic carbocycles. The van der Waals surface area contributed by atoms with Crippen LogP contribution >= 0.6 is 0 Å². The van der Waals surface area contributed by atoms with Gasteiger partial charge in [-0.25, -0.2) is 8.42 Å². The number of sulfone groups is 1. The first-order chi connectivity index (χ1) is 6.81. The minimum atomic E-state index is -3.12. The van der Waals surface area contributed by atoms with E-state index in [-0.39, 0.29) is 5.75 Å². The van der Waals surface area contributed by atoms with Crippen molar-refractivity contribution < 1.29 is 8.42 Å². The van der Waals surface area contributed by atoms with Crippen molar-refractivity contribution in [1.82, 2.24) is 0 Å². The second kappa shape index (κ2) is 3.85. The first-order valence-electron chi connectivity index (χ1n) is 4.89. The summed E-state index contributed by atoms with van der Waals surface area (Å²) in [4.78, 5) is 0. The fraction of sp³-hybridized carbons (Fsp3) is 0.455. The molecular weight excluding hydrogens is 210 g/mol. The van der Waals surface area contributed by atoms with E-state index in [1.54, 1.807) is 45.0 Å². The molecule has 3 nitrogen and oxygen atoms in total. The van der Waals surface area contributed by atoms with Gasteiger partial charge in [0.25, 0.3) is 0 Å². The van der Waals surface area contributed by atoms with Crippen LogP contribution in [0.25, 0.3) is 0 Å². The molecule has 0 spiro atoms. The van der Waals surface area contributed by atoms with Gasteiger partial charge in [0.15, 0.2) is 9.84 Å². The molecule has 1 rings (SSSR count). The molecule has 0 bridgehead atoms. The molecule has 1 aromatic carbocycles. The molecule has 0 aromatic heterocycles. The lowest BCUT2D eigenvalue weighted by atomic mass is 10.0. The van der Waals surface area contributed by atoms with Gasteiger partial charge in [-0.15, -0.1) is 0 Å². The number of nitrogens with two attached hydrogens (primary N) is 1. The summed E-state index contributed by atoms with van der Waals surface area (Å²) < 4.78 is 22.9. The van der Waals surface area contributed by atoms with Crippen LogP contribution in [0.15, 0.2) is 24.3 Å². The summed E-state index contributed by atoms with van der Waals surface area (Å²) in [5.41, 5.74) is 6.98. The average Bonchev–Trinajstić information content (AvgIpc) is 2.17. The third kappa shape index (κ3) is 2.15. The third-order valence-electron chi connectivity index (χ3n) is 2.74. The lowest BCUT2D eigenvalue weighted by molar-refractivity contribution is 0.556. The Hall–Kier alpha value is -1.03. The lowest BCUT2D eigenvalue weighted by Gasteiger charge is -2.24. The minimum Gasteiger partial charge on any atom is -0.399 e. The monoisotopic (exact) mass is 227 g/mol. The Morgan fingerprint density at radius 3 is 2.40 bits per heavy atom. The van der Waals surface area contributed by atoms with Gasteiger partial charge < -0.3 is 5.73 Å². The van der Waals surface area contributed by atoms with Gasteiger partial charge in [0.1, 0.15) is 0 Å². The molecule has 0 aliphatic heterocycles. The molecule has 0 fully saturated rings. The molecule has 15 heavy (non-hydrogen) atoms. The van der Waals surface area contributed by atoms with Crippen LogP contribution in [-0.4, -0.2) is 14.2 Å². The first kappa shape index (κ1) is 12.0. The van der Waals surface area contributed by atoms with Gasteiger partial charge >= 0.3 is 0 Å². The van der Waals surface area contributed by atoms with Gasteiger partial charge in [-0.1, -0.05) is 19.1 Å². The molecule has 0 atom stereocenters. The van der Waals surface area contributed by atoms with Crippen molar-refractivity contribution in [3.8, 4) is 0 Å². The molecule has 2 N–H and O–H groups in total. The fourth-order valence-corrected chi connectivity index (χ4v) is 2.66. The summed E-state index contributed by atoms with van der Waals surface area (Å²) in [7, 11) is -3.12. The third-order valence-corrected chi connectivity index (χ3v) is 5.29. The van der Waals surface area contributed by atoms with E-state index in [4.69, 9.17) is 5.73 Å². The zero-order valence-corrected chi connectivity index (χ0v) is 10.1. The smallest absolute Gasteiger partial charge is 0.159 e. The number of benzene rings is 1. The Kier molecular flexibility index (Phi) is 3.09. The highest BCUT2D eigenvalue weighted by molar-refractivity contribution is 7.92. The summed E-state index contributed by atoms with van der Waals surface area (Å²) in [6, 6.07) is 7.03. The molecule has 0 aliphatic rings. The average molecular weight is 227 g/mol. The second-order valence-corrected chi connectivity index (χ2v) is 6.87. The molecule has 4 heteroatoms. The van der Waals surface area contributed by atoms with E-state index in [2.05, 4.69) is 0 Å². The van der Waals surface area contributed by atoms with Gasteiger partial charge in [0.05, 0.1) is 4.75 Å². The van der Waals surface area contributed by atoms with Crippen molar-refractivity contribution in [3.63, 3.8) is 0 Å². The summed E-state index contributed by atoms with van der Waals surface area (Å²) in [5, 5.41) is 0. The van der Waals surface area contributed by atoms with Crippen LogP contribution < -0.4 is 5.73 Å². The number of anilines is 1. The van der Waals surface area contributed by atoms with Gasteiger partial charge in [-0.2, -0.15) is 0 Å². The van der Waals surface area contributed by atoms with Crippen molar-refractivity contribution in [3.05, 3.63) is 29.8 Å². The second-order valence-electron chi connectivity index (χ2n) is 4.04. The zero-order valence-electron chi connectivity index (χ0n) is 9.32. The lowest BCUT2D eigenvalue weighted by Crippen LogP contribution is -2.30. The van der Waals surface area contributed by atoms with E-state index in [1.165, 1.54) is 0 Å². The normalized spacial score (nSPS) is 12.7. The largest absolute Gasteiger partial charge is 0.399 e. The van der Waals surface area contributed by atoms with Gasteiger partial charge in [-0.3, -0.25) is 0 Å². The van der Waals surface area contributed by atoms with Crippen LogP contribution in [0.2, 0.25) is 0 Å². The molecule has 0 radical (unpaired) electrons. The van der Waals surface area contributed by atoms with Crippen molar-refractivity contribution in [2.24, 2.45) is 0 Å². The Bertz CT molecular complexity index is 449. The fourth-order valence-electron chi connectivity index (χ4n) is 1.45. The molecule has 1 aromatic rings. The molecule has 0 amide bonds. The van der Waals surface area contributed by atoms with Crippen molar-refractivity contribution >= 4 is 15.5 Å². The maximum Gasteiger partial charge on any atom is 0.159 e. The van der Waals surface area contributed by atoms with Crippen LogP contribution in [0.4, 0.5) is 5.69 Å². The standard InChI is InChI=1S/C11H17NO2S/c1-4-15(13,14)11(2,3)9-6-5-7-10(12)8-9/h5-8H,4,12H2,1-3H3. The van der Waals surface area contributed by atoms with E-state index in [0.29, 0.717) is 5.69 Å². The van der Waals surface area contributed by atoms with E-state index < -0.39 is 14.6 Å². The van der Waals surface area contributed by atoms with Crippen LogP contribution in [-0.2, 0) is 14.6 Å². The van der Waals surface area contributed by atoms with Crippen molar-refractivity contribution in [2.45, 2.75) is 25.5 Å². The minimum absolute atomic E-state index is 0.134. The maximum atomic E-state index is 11.9. The number of hydrogen-bond donors (Lipinski definition) is 1. The van der Waals surface area contributed by atoms with Crippen molar-refractivity contribution in [1.29, 1.82) is 0 Å². The molecule has 0 saturated carbocycles. The number of nitrogen functional groups attached to an aromatic ring is 1. The summed E-state index contributed by atoms with van der Waals surface area (Å²) in [5.74, 6) is 0.134. The Morgan fingerprint density at radius 2 is 1.93 bits per heavy atom. The Balaban J connectivity index is 3.29. The Morgan fingerprint density at radius 1 is 1.33 bits per heavy atom. The molecule has 0 saturated heterocycles. The van der Waals surface area contributed by atoms with E-state index in [9.17, 15) is 8.42 Å². The van der Waals surface area contributed by atoms with Gasteiger partial charge in [-0.05, 0) is 31.5 Å². The number of hydrogen-bond acceptors (Lipinski definition) is 3. The van der Waals surface area contributed by atoms with Crippen molar-refractivity contribution in [2.75, 3.05) is 11.5 Å². The van der Waals surface area contributed by atoms with E-state index >= 15 is 0 Å². The maximum absolute atomic E-state index is 11.9. The van der Waals surface area contributed by atoms with E-state index in [0.717, 1.165) is 5.56 Å².